The zero-order valence-corrected chi connectivity index (χ0v) is 13.1. The summed E-state index contributed by atoms with van der Waals surface area (Å²) >= 11 is 6.21. The topological polar surface area (TPSA) is 103 Å². The zero-order chi connectivity index (χ0) is 16.7. The first-order valence-electron chi connectivity index (χ1n) is 6.73. The van der Waals surface area contributed by atoms with E-state index in [0.29, 0.717) is 28.8 Å². The van der Waals surface area contributed by atoms with Crippen molar-refractivity contribution in [2.75, 3.05) is 0 Å². The molecule has 0 aliphatic carbocycles. The van der Waals surface area contributed by atoms with Gasteiger partial charge in [-0.2, -0.15) is 10.1 Å². The van der Waals surface area contributed by atoms with Gasteiger partial charge in [0.1, 0.15) is 0 Å². The lowest BCUT2D eigenvalue weighted by Crippen LogP contribution is -1.96. The third kappa shape index (κ3) is 4.15. The molecule has 0 spiro atoms. The number of hydrogen-bond acceptors (Lipinski definition) is 6. The Morgan fingerprint density at radius 2 is 1.87 bits per heavy atom. The van der Waals surface area contributed by atoms with E-state index in [9.17, 15) is 0 Å². The average Bonchev–Trinajstić information content (AvgIpc) is 3.06. The molecule has 0 aliphatic rings. The van der Waals surface area contributed by atoms with Crippen LogP contribution in [0.15, 0.2) is 58.2 Å². The molecular formula is C16H16ClN5O. The zero-order valence-electron chi connectivity index (χ0n) is 12.3. The Hall–Kier alpha value is -2.70. The summed E-state index contributed by atoms with van der Waals surface area (Å²) in [6.45, 7) is 3.33. The number of nitrogens with zero attached hydrogens (tertiary/aromatic N) is 3. The molecule has 1 heterocycles. The van der Waals surface area contributed by atoms with Gasteiger partial charge in [-0.25, -0.2) is 0 Å². The third-order valence-corrected chi connectivity index (χ3v) is 3.27. The van der Waals surface area contributed by atoms with E-state index in [0.717, 1.165) is 11.1 Å². The molecule has 3 aromatic rings. The molecule has 2 aromatic carbocycles. The normalized spacial score (nSPS) is 9.83. The van der Waals surface area contributed by atoms with Gasteiger partial charge in [-0.05, 0) is 17.7 Å². The van der Waals surface area contributed by atoms with Gasteiger partial charge in [0.15, 0.2) is 0 Å². The second-order valence-corrected chi connectivity index (χ2v) is 4.90. The molecule has 0 aliphatic heterocycles. The number of benzene rings is 2. The standard InChI is InChI=1S/C15H12ClN3O.CH4N2/c16-13-8-10(9-17)6-7-12(13)15-18-14(19-20-15)11-4-2-1-3-5-11;1-3-2/h1-8H,9,17H2;1-2H2. The summed E-state index contributed by atoms with van der Waals surface area (Å²) in [6.07, 6.45) is 0. The lowest BCUT2D eigenvalue weighted by Gasteiger charge is -2.01. The van der Waals surface area contributed by atoms with E-state index in [2.05, 4.69) is 27.8 Å². The van der Waals surface area contributed by atoms with Crippen molar-refractivity contribution < 1.29 is 4.52 Å². The maximum absolute atomic E-state index is 6.21. The third-order valence-electron chi connectivity index (χ3n) is 2.96. The maximum atomic E-state index is 6.21. The molecule has 0 radical (unpaired) electrons. The second-order valence-electron chi connectivity index (χ2n) is 4.49. The highest BCUT2D eigenvalue weighted by molar-refractivity contribution is 6.33. The van der Waals surface area contributed by atoms with Crippen molar-refractivity contribution in [1.29, 1.82) is 0 Å². The minimum Gasteiger partial charge on any atom is -0.334 e. The van der Waals surface area contributed by atoms with Crippen molar-refractivity contribution in [3.8, 4) is 22.8 Å². The van der Waals surface area contributed by atoms with E-state index >= 15 is 0 Å². The van der Waals surface area contributed by atoms with Crippen molar-refractivity contribution in [1.82, 2.24) is 10.1 Å². The molecule has 23 heavy (non-hydrogen) atoms. The van der Waals surface area contributed by atoms with Gasteiger partial charge in [-0.1, -0.05) is 53.2 Å². The smallest absolute Gasteiger partial charge is 0.259 e. The number of aromatic nitrogens is 2. The monoisotopic (exact) mass is 329 g/mol. The number of hydrogen-bond donors (Lipinski definition) is 2. The minimum absolute atomic E-state index is 0.400. The van der Waals surface area contributed by atoms with Gasteiger partial charge in [0.05, 0.1) is 10.6 Å². The molecule has 6 nitrogen and oxygen atoms in total. The Bertz CT molecular complexity index is 773. The van der Waals surface area contributed by atoms with Crippen LogP contribution >= 0.6 is 11.6 Å². The molecule has 0 fully saturated rings. The Labute approximate surface area is 138 Å². The molecule has 4 N–H and O–H groups in total. The summed E-state index contributed by atoms with van der Waals surface area (Å²) in [7, 11) is 0. The van der Waals surface area contributed by atoms with Crippen molar-refractivity contribution in [3.63, 3.8) is 0 Å². The second kappa shape index (κ2) is 8.07. The fraction of sp³-hybridized carbons (Fsp3) is 0.0625. The summed E-state index contributed by atoms with van der Waals surface area (Å²) < 4.78 is 5.28. The molecule has 0 saturated carbocycles. The van der Waals surface area contributed by atoms with Crippen molar-refractivity contribution in [3.05, 3.63) is 59.1 Å². The van der Waals surface area contributed by atoms with Gasteiger partial charge in [0.25, 0.3) is 5.89 Å². The van der Waals surface area contributed by atoms with Crippen LogP contribution in [0.25, 0.3) is 22.8 Å². The average molecular weight is 330 g/mol. The predicted octanol–water partition coefficient (Wildman–Crippen LogP) is 3.08. The van der Waals surface area contributed by atoms with Crippen LogP contribution in [-0.2, 0) is 6.54 Å². The van der Waals surface area contributed by atoms with Crippen LogP contribution in [0.1, 0.15) is 5.56 Å². The van der Waals surface area contributed by atoms with Crippen LogP contribution in [-0.4, -0.2) is 16.9 Å². The van der Waals surface area contributed by atoms with E-state index < -0.39 is 0 Å². The van der Waals surface area contributed by atoms with Crippen LogP contribution in [0.3, 0.4) is 0 Å². The van der Waals surface area contributed by atoms with Crippen LogP contribution in [0.2, 0.25) is 5.02 Å². The SMILES string of the molecule is C=NN.NCc1ccc(-c2nc(-c3ccccc3)no2)c(Cl)c1. The summed E-state index contributed by atoms with van der Waals surface area (Å²) in [5.41, 5.74) is 8.14. The number of nitrogens with two attached hydrogens (primary N) is 2. The Balaban J connectivity index is 0.000000595. The fourth-order valence-corrected chi connectivity index (χ4v) is 2.18. The lowest BCUT2D eigenvalue weighted by atomic mass is 10.1. The summed E-state index contributed by atoms with van der Waals surface area (Å²) in [6, 6.07) is 15.2. The number of rotatable bonds is 3. The van der Waals surface area contributed by atoms with Crippen molar-refractivity contribution >= 4 is 18.3 Å². The van der Waals surface area contributed by atoms with Crippen LogP contribution in [0.5, 0.6) is 0 Å². The largest absolute Gasteiger partial charge is 0.334 e. The van der Waals surface area contributed by atoms with Crippen molar-refractivity contribution in [2.45, 2.75) is 6.54 Å². The van der Waals surface area contributed by atoms with E-state index in [1.54, 1.807) is 0 Å². The maximum Gasteiger partial charge on any atom is 0.259 e. The lowest BCUT2D eigenvalue weighted by molar-refractivity contribution is 0.432. The van der Waals surface area contributed by atoms with E-state index in [1.807, 2.05) is 48.5 Å². The van der Waals surface area contributed by atoms with Gasteiger partial charge in [0, 0.05) is 18.8 Å². The van der Waals surface area contributed by atoms with Gasteiger partial charge in [-0.15, -0.1) is 0 Å². The van der Waals surface area contributed by atoms with Gasteiger partial charge in [-0.3, -0.25) is 0 Å². The highest BCUT2D eigenvalue weighted by atomic mass is 35.5. The van der Waals surface area contributed by atoms with Gasteiger partial charge < -0.3 is 16.1 Å². The number of halogens is 1. The van der Waals surface area contributed by atoms with Crippen molar-refractivity contribution in [2.24, 2.45) is 16.7 Å². The first-order valence-corrected chi connectivity index (χ1v) is 7.11. The first kappa shape index (κ1) is 16.7. The number of hydrazone groups is 1. The highest BCUT2D eigenvalue weighted by Gasteiger charge is 2.13. The Morgan fingerprint density at radius 3 is 2.48 bits per heavy atom. The van der Waals surface area contributed by atoms with E-state index in [-0.39, 0.29) is 0 Å². The van der Waals surface area contributed by atoms with E-state index in [4.69, 9.17) is 21.9 Å². The van der Waals surface area contributed by atoms with Gasteiger partial charge in [0.2, 0.25) is 5.82 Å². The summed E-state index contributed by atoms with van der Waals surface area (Å²) in [4.78, 5) is 4.37. The summed E-state index contributed by atoms with van der Waals surface area (Å²) in [5, 5.41) is 7.28. The van der Waals surface area contributed by atoms with Crippen LogP contribution in [0.4, 0.5) is 0 Å². The minimum atomic E-state index is 0.400. The van der Waals surface area contributed by atoms with Crippen LogP contribution in [0, 0.1) is 0 Å². The molecule has 1 aromatic heterocycles. The Morgan fingerprint density at radius 1 is 1.17 bits per heavy atom. The quantitative estimate of drug-likeness (QED) is 0.436. The molecular weight excluding hydrogens is 314 g/mol. The molecule has 0 amide bonds. The first-order chi connectivity index (χ1) is 11.2. The molecule has 0 saturated heterocycles. The highest BCUT2D eigenvalue weighted by Crippen LogP contribution is 2.29. The van der Waals surface area contributed by atoms with Gasteiger partial charge >= 0.3 is 0 Å². The van der Waals surface area contributed by atoms with Crippen LogP contribution < -0.4 is 11.6 Å². The fourth-order valence-electron chi connectivity index (χ4n) is 1.90. The molecule has 0 unspecified atom stereocenters. The predicted molar refractivity (Wildman–Crippen MR) is 91.8 cm³/mol. The Kier molecular flexibility index (Phi) is 5.85. The molecule has 0 bridgehead atoms. The molecule has 118 valence electrons. The molecule has 7 heteroatoms. The summed E-state index contributed by atoms with van der Waals surface area (Å²) in [5.74, 6) is 5.30. The van der Waals surface area contributed by atoms with E-state index in [1.165, 1.54) is 0 Å². The molecule has 0 atom stereocenters. The molecule has 3 rings (SSSR count).